The molecule has 0 saturated carbocycles. The standard InChI is InChI=1S/C15H12BrClN2/c16-12-5-3-4-11(8-12)10-19-14-7-2-1-6-13(14)18-15(19)9-17/h1-8H,9-10H2. The Bertz CT molecular complexity index is 721. The van der Waals surface area contributed by atoms with Gasteiger partial charge in [-0.3, -0.25) is 0 Å². The quantitative estimate of drug-likeness (QED) is 0.640. The monoisotopic (exact) mass is 334 g/mol. The van der Waals surface area contributed by atoms with Crippen molar-refractivity contribution in [3.63, 3.8) is 0 Å². The van der Waals surface area contributed by atoms with E-state index in [1.54, 1.807) is 0 Å². The molecule has 0 fully saturated rings. The Balaban J connectivity index is 2.08. The predicted octanol–water partition coefficient (Wildman–Crippen LogP) is 4.59. The first-order valence-electron chi connectivity index (χ1n) is 6.02. The van der Waals surface area contributed by atoms with Crippen molar-refractivity contribution in [1.82, 2.24) is 9.55 Å². The molecule has 19 heavy (non-hydrogen) atoms. The minimum atomic E-state index is 0.419. The molecule has 0 radical (unpaired) electrons. The van der Waals surface area contributed by atoms with E-state index in [0.29, 0.717) is 5.88 Å². The Morgan fingerprint density at radius 1 is 1.11 bits per heavy atom. The highest BCUT2D eigenvalue weighted by Gasteiger charge is 2.09. The van der Waals surface area contributed by atoms with Gasteiger partial charge >= 0.3 is 0 Å². The smallest absolute Gasteiger partial charge is 0.125 e. The lowest BCUT2D eigenvalue weighted by molar-refractivity contribution is 0.778. The van der Waals surface area contributed by atoms with Gasteiger partial charge in [-0.25, -0.2) is 4.98 Å². The molecule has 3 rings (SSSR count). The number of hydrogen-bond acceptors (Lipinski definition) is 1. The second-order valence-electron chi connectivity index (χ2n) is 4.37. The molecule has 2 nitrogen and oxygen atoms in total. The van der Waals surface area contributed by atoms with Crippen LogP contribution in [0.1, 0.15) is 11.4 Å². The summed E-state index contributed by atoms with van der Waals surface area (Å²) in [4.78, 5) is 4.57. The van der Waals surface area contributed by atoms with Gasteiger partial charge in [-0.05, 0) is 29.8 Å². The van der Waals surface area contributed by atoms with Gasteiger partial charge in [-0.2, -0.15) is 0 Å². The molecule has 0 aliphatic carbocycles. The molecule has 1 aromatic heterocycles. The van der Waals surface area contributed by atoms with E-state index < -0.39 is 0 Å². The fraction of sp³-hybridized carbons (Fsp3) is 0.133. The van der Waals surface area contributed by atoms with Crippen LogP contribution >= 0.6 is 27.5 Å². The molecule has 0 unspecified atom stereocenters. The number of hydrogen-bond donors (Lipinski definition) is 0. The van der Waals surface area contributed by atoms with E-state index in [0.717, 1.165) is 27.9 Å². The van der Waals surface area contributed by atoms with E-state index in [4.69, 9.17) is 11.6 Å². The van der Waals surface area contributed by atoms with Crippen molar-refractivity contribution >= 4 is 38.6 Å². The van der Waals surface area contributed by atoms with Gasteiger partial charge in [0.1, 0.15) is 5.82 Å². The van der Waals surface area contributed by atoms with Crippen LogP contribution in [0.4, 0.5) is 0 Å². The minimum Gasteiger partial charge on any atom is -0.322 e. The zero-order chi connectivity index (χ0) is 13.2. The Labute approximate surface area is 125 Å². The molecular weight excluding hydrogens is 324 g/mol. The van der Waals surface area contributed by atoms with E-state index in [9.17, 15) is 0 Å². The molecule has 0 aliphatic heterocycles. The van der Waals surface area contributed by atoms with E-state index in [-0.39, 0.29) is 0 Å². The zero-order valence-electron chi connectivity index (χ0n) is 10.2. The van der Waals surface area contributed by atoms with Crippen molar-refractivity contribution in [1.29, 1.82) is 0 Å². The van der Waals surface area contributed by atoms with Crippen LogP contribution in [0, 0.1) is 0 Å². The SMILES string of the molecule is ClCc1nc2ccccc2n1Cc1cccc(Br)c1. The largest absolute Gasteiger partial charge is 0.322 e. The van der Waals surface area contributed by atoms with Crippen LogP contribution in [-0.4, -0.2) is 9.55 Å². The highest BCUT2D eigenvalue weighted by Crippen LogP contribution is 2.20. The third-order valence-electron chi connectivity index (χ3n) is 3.08. The third-order valence-corrected chi connectivity index (χ3v) is 3.82. The number of benzene rings is 2. The Hall–Kier alpha value is -1.32. The maximum absolute atomic E-state index is 6.01. The number of halogens is 2. The van der Waals surface area contributed by atoms with Gasteiger partial charge in [0.05, 0.1) is 16.9 Å². The molecule has 0 amide bonds. The van der Waals surface area contributed by atoms with Crippen LogP contribution in [0.15, 0.2) is 53.0 Å². The first-order valence-corrected chi connectivity index (χ1v) is 7.35. The fourth-order valence-electron chi connectivity index (χ4n) is 2.22. The maximum Gasteiger partial charge on any atom is 0.125 e. The van der Waals surface area contributed by atoms with Crippen LogP contribution in [0.5, 0.6) is 0 Å². The van der Waals surface area contributed by atoms with E-state index in [1.807, 2.05) is 30.3 Å². The van der Waals surface area contributed by atoms with Crippen molar-refractivity contribution in [2.24, 2.45) is 0 Å². The topological polar surface area (TPSA) is 17.8 Å². The Morgan fingerprint density at radius 3 is 2.74 bits per heavy atom. The number of para-hydroxylation sites is 2. The van der Waals surface area contributed by atoms with Crippen LogP contribution in [0.2, 0.25) is 0 Å². The highest BCUT2D eigenvalue weighted by molar-refractivity contribution is 9.10. The summed E-state index contributed by atoms with van der Waals surface area (Å²) in [6, 6.07) is 16.4. The molecule has 3 aromatic rings. The molecule has 0 atom stereocenters. The van der Waals surface area contributed by atoms with Crippen molar-refractivity contribution in [3.05, 3.63) is 64.4 Å². The zero-order valence-corrected chi connectivity index (χ0v) is 12.5. The maximum atomic E-state index is 6.01. The van der Waals surface area contributed by atoms with Gasteiger partial charge in [0.2, 0.25) is 0 Å². The lowest BCUT2D eigenvalue weighted by atomic mass is 10.2. The fourth-order valence-corrected chi connectivity index (χ4v) is 2.87. The normalized spacial score (nSPS) is 11.1. The average Bonchev–Trinajstić information content (AvgIpc) is 2.77. The Morgan fingerprint density at radius 2 is 1.95 bits per heavy atom. The third kappa shape index (κ3) is 2.53. The summed E-state index contributed by atoms with van der Waals surface area (Å²) >= 11 is 9.51. The number of rotatable bonds is 3. The second kappa shape index (κ2) is 5.35. The van der Waals surface area contributed by atoms with Crippen molar-refractivity contribution in [2.75, 3.05) is 0 Å². The lowest BCUT2D eigenvalue weighted by Gasteiger charge is -2.08. The number of aromatic nitrogens is 2. The van der Waals surface area contributed by atoms with Gasteiger partial charge in [0.25, 0.3) is 0 Å². The van der Waals surface area contributed by atoms with Crippen molar-refractivity contribution in [3.8, 4) is 0 Å². The summed E-state index contributed by atoms with van der Waals surface area (Å²) < 4.78 is 3.26. The minimum absolute atomic E-state index is 0.419. The van der Waals surface area contributed by atoms with Gasteiger partial charge in [0.15, 0.2) is 0 Å². The lowest BCUT2D eigenvalue weighted by Crippen LogP contribution is -2.03. The average molecular weight is 336 g/mol. The van der Waals surface area contributed by atoms with Crippen molar-refractivity contribution < 1.29 is 0 Å². The number of imidazole rings is 1. The van der Waals surface area contributed by atoms with Crippen LogP contribution < -0.4 is 0 Å². The molecule has 0 aliphatic rings. The van der Waals surface area contributed by atoms with Crippen molar-refractivity contribution in [2.45, 2.75) is 12.4 Å². The first-order chi connectivity index (χ1) is 9.28. The van der Waals surface area contributed by atoms with Crippen LogP contribution in [0.3, 0.4) is 0 Å². The van der Waals surface area contributed by atoms with Gasteiger partial charge in [-0.15, -0.1) is 11.6 Å². The molecule has 1 heterocycles. The number of alkyl halides is 1. The van der Waals surface area contributed by atoms with E-state index in [2.05, 4.69) is 43.7 Å². The molecule has 0 spiro atoms. The molecular formula is C15H12BrClN2. The Kier molecular flexibility index (Phi) is 3.58. The summed E-state index contributed by atoms with van der Waals surface area (Å²) in [5, 5.41) is 0. The number of nitrogens with zero attached hydrogens (tertiary/aromatic N) is 2. The van der Waals surface area contributed by atoms with Crippen LogP contribution in [0.25, 0.3) is 11.0 Å². The summed E-state index contributed by atoms with van der Waals surface area (Å²) in [6.07, 6.45) is 0. The second-order valence-corrected chi connectivity index (χ2v) is 5.55. The summed E-state index contributed by atoms with van der Waals surface area (Å²) in [6.45, 7) is 0.780. The molecule has 0 saturated heterocycles. The van der Waals surface area contributed by atoms with Crippen LogP contribution in [-0.2, 0) is 12.4 Å². The summed E-state index contributed by atoms with van der Waals surface area (Å²) in [7, 11) is 0. The van der Waals surface area contributed by atoms with Gasteiger partial charge in [0, 0.05) is 11.0 Å². The molecule has 96 valence electrons. The summed E-state index contributed by atoms with van der Waals surface area (Å²) in [5.41, 5.74) is 3.34. The highest BCUT2D eigenvalue weighted by atomic mass is 79.9. The van der Waals surface area contributed by atoms with Gasteiger partial charge in [-0.1, -0.05) is 40.2 Å². The number of fused-ring (bicyclic) bond motifs is 1. The summed E-state index contributed by atoms with van der Waals surface area (Å²) in [5.74, 6) is 1.32. The molecule has 4 heteroatoms. The van der Waals surface area contributed by atoms with E-state index >= 15 is 0 Å². The van der Waals surface area contributed by atoms with E-state index in [1.165, 1.54) is 5.56 Å². The predicted molar refractivity (Wildman–Crippen MR) is 82.5 cm³/mol. The first kappa shape index (κ1) is 12.7. The molecule has 0 N–H and O–H groups in total. The molecule has 2 aromatic carbocycles. The molecule has 0 bridgehead atoms. The van der Waals surface area contributed by atoms with Gasteiger partial charge < -0.3 is 4.57 Å².